The molecule has 0 saturated heterocycles. The van der Waals surface area contributed by atoms with Crippen LogP contribution in [0.5, 0.6) is 0 Å². The van der Waals surface area contributed by atoms with Crippen molar-refractivity contribution in [1.82, 2.24) is 0 Å². The molecule has 2 aromatic heterocycles. The number of fused-ring (bicyclic) bond motifs is 4. The zero-order valence-corrected chi connectivity index (χ0v) is 29.6. The molecule has 3 heteroatoms. The summed E-state index contributed by atoms with van der Waals surface area (Å²) in [7, 11) is -2.37. The van der Waals surface area contributed by atoms with Crippen molar-refractivity contribution in [2.24, 2.45) is 0 Å². The summed E-state index contributed by atoms with van der Waals surface area (Å²) in [5.74, 6) is 1.90. The van der Waals surface area contributed by atoms with Crippen LogP contribution in [-0.2, 0) is 0 Å². The van der Waals surface area contributed by atoms with Crippen LogP contribution in [-0.4, -0.2) is 8.07 Å². The van der Waals surface area contributed by atoms with Gasteiger partial charge in [0, 0.05) is 22.2 Å². The van der Waals surface area contributed by atoms with E-state index < -0.39 is 8.07 Å². The van der Waals surface area contributed by atoms with Crippen LogP contribution in [0, 0.1) is 0 Å². The maximum Gasteiger partial charge on any atom is 0.130 e. The fraction of sp³-hybridized carbons (Fsp3) is 0.0833. The first-order valence-electron chi connectivity index (χ1n) is 17.8. The number of benzene rings is 6. The highest BCUT2D eigenvalue weighted by atomic mass is 28.3. The molecule has 0 amide bonds. The molecule has 6 aromatic carbocycles. The predicted molar refractivity (Wildman–Crippen MR) is 215 cm³/mol. The van der Waals surface area contributed by atoms with Crippen molar-refractivity contribution in [3.63, 3.8) is 0 Å². The summed E-state index contributed by atoms with van der Waals surface area (Å²) in [6, 6.07) is 53.0. The van der Waals surface area contributed by atoms with E-state index in [9.17, 15) is 0 Å². The Balaban J connectivity index is 1.16. The largest absolute Gasteiger partial charge is 0.465 e. The van der Waals surface area contributed by atoms with Gasteiger partial charge in [0.05, 0.1) is 20.6 Å². The first-order valence-corrected chi connectivity index (χ1v) is 21.0. The fourth-order valence-corrected chi connectivity index (χ4v) is 13.6. The Kier molecular flexibility index (Phi) is 6.80. The number of hydrogen-bond donors (Lipinski definition) is 0. The summed E-state index contributed by atoms with van der Waals surface area (Å²) < 4.78 is 12.5. The smallest absolute Gasteiger partial charge is 0.130 e. The van der Waals surface area contributed by atoms with Crippen LogP contribution in [0.25, 0.3) is 67.1 Å². The average molecular weight is 673 g/mol. The number of hydrogen-bond acceptors (Lipinski definition) is 2. The SMILES string of the molecule is C[Si](C)(C1C(c2ccco2)=Cc2c(-c3ccc4ccccc4c3)cccc21)C1C(c2ccco2)=Cc2c(-c3ccc4ccccc4c3)cccc21. The van der Waals surface area contributed by atoms with Crippen molar-refractivity contribution >= 4 is 52.9 Å². The van der Waals surface area contributed by atoms with Gasteiger partial charge in [-0.05, 0) is 115 Å². The monoisotopic (exact) mass is 672 g/mol. The van der Waals surface area contributed by atoms with Gasteiger partial charge in [-0.15, -0.1) is 0 Å². The molecule has 10 rings (SSSR count). The van der Waals surface area contributed by atoms with Gasteiger partial charge in [0.1, 0.15) is 11.5 Å². The highest BCUT2D eigenvalue weighted by Gasteiger charge is 2.50. The molecule has 51 heavy (non-hydrogen) atoms. The van der Waals surface area contributed by atoms with Gasteiger partial charge in [-0.1, -0.05) is 122 Å². The molecule has 0 fully saturated rings. The van der Waals surface area contributed by atoms with E-state index in [4.69, 9.17) is 8.83 Å². The minimum atomic E-state index is -2.37. The van der Waals surface area contributed by atoms with Crippen molar-refractivity contribution in [2.45, 2.75) is 24.2 Å². The molecule has 8 aromatic rings. The number of allylic oxidation sites excluding steroid dienone is 2. The van der Waals surface area contributed by atoms with Crippen LogP contribution in [0.2, 0.25) is 13.1 Å². The van der Waals surface area contributed by atoms with E-state index in [0.29, 0.717) is 0 Å². The summed E-state index contributed by atoms with van der Waals surface area (Å²) in [6.07, 6.45) is 8.47. The molecular weight excluding hydrogens is 637 g/mol. The molecule has 0 N–H and O–H groups in total. The van der Waals surface area contributed by atoms with Crippen molar-refractivity contribution in [3.8, 4) is 22.3 Å². The molecule has 2 aliphatic rings. The molecule has 244 valence electrons. The van der Waals surface area contributed by atoms with E-state index in [-0.39, 0.29) is 11.1 Å². The lowest BCUT2D eigenvalue weighted by Crippen LogP contribution is -2.42. The van der Waals surface area contributed by atoms with Crippen LogP contribution in [0.3, 0.4) is 0 Å². The Morgan fingerprint density at radius 1 is 0.431 bits per heavy atom. The van der Waals surface area contributed by atoms with Gasteiger partial charge in [0.25, 0.3) is 0 Å². The second-order valence-electron chi connectivity index (χ2n) is 14.6. The summed E-state index contributed by atoms with van der Waals surface area (Å²) in [4.78, 5) is 0. The standard InChI is InChI=1S/C48H36O2Si/c1-51(2,47-39-17-7-15-37(41(39)29-43(47)45-19-9-25-49-45)35-23-21-31-11-3-5-13-33(31)27-35)48-40-18-8-16-38(42(40)30-44(48)46-20-10-26-50-46)36-24-22-32-12-4-6-14-34(32)28-36/h3-30,47-48H,1-2H3. The first kappa shape index (κ1) is 30.0. The highest BCUT2D eigenvalue weighted by Crippen LogP contribution is 2.58. The molecule has 0 radical (unpaired) electrons. The lowest BCUT2D eigenvalue weighted by molar-refractivity contribution is 0.550. The van der Waals surface area contributed by atoms with Gasteiger partial charge in [-0.2, -0.15) is 0 Å². The van der Waals surface area contributed by atoms with Crippen LogP contribution in [0.15, 0.2) is 167 Å². The molecule has 2 atom stereocenters. The summed E-state index contributed by atoms with van der Waals surface area (Å²) >= 11 is 0. The molecule has 2 aliphatic carbocycles. The lowest BCUT2D eigenvalue weighted by Gasteiger charge is -2.39. The molecular formula is C48H36O2Si. The second kappa shape index (κ2) is 11.6. The van der Waals surface area contributed by atoms with Gasteiger partial charge in [0.15, 0.2) is 0 Å². The van der Waals surface area contributed by atoms with E-state index in [1.807, 2.05) is 24.7 Å². The third-order valence-corrected chi connectivity index (χ3v) is 15.6. The van der Waals surface area contributed by atoms with Crippen LogP contribution in [0.4, 0.5) is 0 Å². The third kappa shape index (κ3) is 4.76. The summed E-state index contributed by atoms with van der Waals surface area (Å²) in [5.41, 5.74) is 13.3. The topological polar surface area (TPSA) is 26.3 Å². The van der Waals surface area contributed by atoms with Gasteiger partial charge in [-0.25, -0.2) is 0 Å². The Hall–Kier alpha value is -5.90. The minimum absolute atomic E-state index is 0.192. The predicted octanol–water partition coefficient (Wildman–Crippen LogP) is 13.3. The van der Waals surface area contributed by atoms with Crippen LogP contribution >= 0.6 is 0 Å². The zero-order chi connectivity index (χ0) is 34.1. The summed E-state index contributed by atoms with van der Waals surface area (Å²) in [6.45, 7) is 5.15. The molecule has 0 saturated carbocycles. The van der Waals surface area contributed by atoms with E-state index in [0.717, 1.165) is 11.5 Å². The van der Waals surface area contributed by atoms with Crippen LogP contribution < -0.4 is 0 Å². The van der Waals surface area contributed by atoms with Gasteiger partial charge in [0.2, 0.25) is 0 Å². The maximum atomic E-state index is 6.24. The number of rotatable bonds is 6. The average Bonchev–Trinajstić information content (AvgIpc) is 4.00. The Labute approximate surface area is 299 Å². The van der Waals surface area contributed by atoms with E-state index in [1.165, 1.54) is 77.2 Å². The van der Waals surface area contributed by atoms with Crippen molar-refractivity contribution in [2.75, 3.05) is 0 Å². The Morgan fingerprint density at radius 3 is 1.31 bits per heavy atom. The highest BCUT2D eigenvalue weighted by molar-refractivity contribution is 6.84. The first-order chi connectivity index (χ1) is 25.0. The third-order valence-electron chi connectivity index (χ3n) is 11.3. The fourth-order valence-electron chi connectivity index (χ4n) is 9.10. The van der Waals surface area contributed by atoms with Gasteiger partial charge in [-0.3, -0.25) is 0 Å². The van der Waals surface area contributed by atoms with E-state index in [1.54, 1.807) is 0 Å². The van der Waals surface area contributed by atoms with Gasteiger partial charge < -0.3 is 8.83 Å². The normalized spacial score (nSPS) is 16.7. The van der Waals surface area contributed by atoms with E-state index in [2.05, 4.69) is 159 Å². The molecule has 0 aliphatic heterocycles. The molecule has 2 nitrogen and oxygen atoms in total. The van der Waals surface area contributed by atoms with Crippen LogP contribution in [0.1, 0.15) is 44.9 Å². The molecule has 0 bridgehead atoms. The Bertz CT molecular complexity index is 2490. The van der Waals surface area contributed by atoms with Crippen molar-refractivity contribution in [3.05, 3.63) is 192 Å². The minimum Gasteiger partial charge on any atom is -0.465 e. The lowest BCUT2D eigenvalue weighted by atomic mass is 9.95. The zero-order valence-electron chi connectivity index (χ0n) is 28.6. The number of furan rings is 2. The summed E-state index contributed by atoms with van der Waals surface area (Å²) in [5, 5.41) is 5.02. The van der Waals surface area contributed by atoms with E-state index >= 15 is 0 Å². The maximum absolute atomic E-state index is 6.24. The second-order valence-corrected chi connectivity index (χ2v) is 19.4. The quantitative estimate of drug-likeness (QED) is 0.164. The van der Waals surface area contributed by atoms with Crippen molar-refractivity contribution < 1.29 is 8.83 Å². The van der Waals surface area contributed by atoms with Gasteiger partial charge >= 0.3 is 0 Å². The molecule has 2 heterocycles. The van der Waals surface area contributed by atoms with Crippen molar-refractivity contribution in [1.29, 1.82) is 0 Å². The Morgan fingerprint density at radius 2 is 0.882 bits per heavy atom. The molecule has 0 spiro atoms. The molecule has 2 unspecified atom stereocenters.